The summed E-state index contributed by atoms with van der Waals surface area (Å²) in [4.78, 5) is 26.3. The van der Waals surface area contributed by atoms with E-state index in [4.69, 9.17) is 14.2 Å². The third kappa shape index (κ3) is 4.90. The number of nitrogens with zero attached hydrogens (tertiary/aromatic N) is 1. The van der Waals surface area contributed by atoms with E-state index < -0.39 is 0 Å². The van der Waals surface area contributed by atoms with Crippen LogP contribution in [0.2, 0.25) is 0 Å². The maximum atomic E-state index is 12.4. The second-order valence-electron chi connectivity index (χ2n) is 6.62. The van der Waals surface area contributed by atoms with Crippen molar-refractivity contribution < 1.29 is 23.8 Å². The summed E-state index contributed by atoms with van der Waals surface area (Å²) in [7, 11) is 4.71. The Morgan fingerprint density at radius 2 is 1.76 bits per heavy atom. The molecule has 1 aliphatic rings. The van der Waals surface area contributed by atoms with Gasteiger partial charge in [0.05, 0.1) is 27.4 Å². The summed E-state index contributed by atoms with van der Waals surface area (Å²) in [5.74, 6) is 1.84. The van der Waals surface area contributed by atoms with Crippen LogP contribution in [0.4, 0.5) is 10.5 Å². The molecule has 0 aliphatic carbocycles. The third-order valence-corrected chi connectivity index (χ3v) is 4.75. The van der Waals surface area contributed by atoms with Crippen LogP contribution in [0.25, 0.3) is 0 Å². The SMILES string of the molecule is COc1ccc(CNC(=O)N[C@@H]2CC(=O)N(c3ccc(OC)c(OC)c3)C2)cc1. The molecule has 1 fully saturated rings. The molecule has 1 atom stereocenters. The summed E-state index contributed by atoms with van der Waals surface area (Å²) < 4.78 is 15.6. The highest BCUT2D eigenvalue weighted by Crippen LogP contribution is 2.33. The molecule has 2 N–H and O–H groups in total. The first-order valence-electron chi connectivity index (χ1n) is 9.23. The van der Waals surface area contributed by atoms with Crippen molar-refractivity contribution in [1.82, 2.24) is 10.6 Å². The summed E-state index contributed by atoms with van der Waals surface area (Å²) >= 11 is 0. The zero-order valence-corrected chi connectivity index (χ0v) is 16.7. The van der Waals surface area contributed by atoms with E-state index in [1.807, 2.05) is 24.3 Å². The second kappa shape index (κ2) is 9.18. The molecule has 0 radical (unpaired) electrons. The Hall–Kier alpha value is -3.42. The van der Waals surface area contributed by atoms with Gasteiger partial charge in [-0.1, -0.05) is 12.1 Å². The third-order valence-electron chi connectivity index (χ3n) is 4.75. The molecule has 29 heavy (non-hydrogen) atoms. The van der Waals surface area contributed by atoms with Crippen LogP contribution in [-0.2, 0) is 11.3 Å². The van der Waals surface area contributed by atoms with E-state index in [2.05, 4.69) is 10.6 Å². The number of anilines is 1. The van der Waals surface area contributed by atoms with Gasteiger partial charge in [0.1, 0.15) is 5.75 Å². The van der Waals surface area contributed by atoms with Crippen molar-refractivity contribution in [3.05, 3.63) is 48.0 Å². The standard InChI is InChI=1S/C21H25N3O5/c1-27-17-7-4-14(5-8-17)12-22-21(26)23-15-10-20(25)24(13-15)16-6-9-18(28-2)19(11-16)29-3/h4-9,11,15H,10,12-13H2,1-3H3,(H2,22,23,26)/t15-/m1/s1. The number of nitrogens with one attached hydrogen (secondary N) is 2. The van der Waals surface area contributed by atoms with E-state index >= 15 is 0 Å². The van der Waals surface area contributed by atoms with Gasteiger partial charge in [0.25, 0.3) is 0 Å². The van der Waals surface area contributed by atoms with E-state index in [-0.39, 0.29) is 24.4 Å². The molecule has 3 rings (SSSR count). The molecule has 8 heteroatoms. The fourth-order valence-electron chi connectivity index (χ4n) is 3.21. The summed E-state index contributed by atoms with van der Waals surface area (Å²) in [6, 6.07) is 12.2. The average Bonchev–Trinajstić information content (AvgIpc) is 3.11. The highest BCUT2D eigenvalue weighted by Gasteiger charge is 2.32. The Morgan fingerprint density at radius 1 is 1.03 bits per heavy atom. The van der Waals surface area contributed by atoms with Crippen molar-refractivity contribution in [2.24, 2.45) is 0 Å². The number of hydrogen-bond acceptors (Lipinski definition) is 5. The largest absolute Gasteiger partial charge is 0.497 e. The second-order valence-corrected chi connectivity index (χ2v) is 6.62. The van der Waals surface area contributed by atoms with Crippen LogP contribution in [0.3, 0.4) is 0 Å². The minimum atomic E-state index is -0.312. The molecule has 0 spiro atoms. The predicted octanol–water partition coefficient (Wildman–Crippen LogP) is 2.32. The molecular weight excluding hydrogens is 374 g/mol. The van der Waals surface area contributed by atoms with Crippen molar-refractivity contribution >= 4 is 17.6 Å². The number of benzene rings is 2. The van der Waals surface area contributed by atoms with Gasteiger partial charge in [-0.15, -0.1) is 0 Å². The lowest BCUT2D eigenvalue weighted by Gasteiger charge is -2.19. The van der Waals surface area contributed by atoms with Crippen LogP contribution in [0.5, 0.6) is 17.2 Å². The summed E-state index contributed by atoms with van der Waals surface area (Å²) in [5, 5.41) is 5.67. The van der Waals surface area contributed by atoms with E-state index in [1.54, 1.807) is 44.4 Å². The molecular formula is C21H25N3O5. The van der Waals surface area contributed by atoms with Crippen LogP contribution in [0.1, 0.15) is 12.0 Å². The first-order valence-corrected chi connectivity index (χ1v) is 9.23. The van der Waals surface area contributed by atoms with Gasteiger partial charge in [-0.25, -0.2) is 4.79 Å². The van der Waals surface area contributed by atoms with Gasteiger partial charge in [-0.3, -0.25) is 4.79 Å². The van der Waals surface area contributed by atoms with Crippen LogP contribution in [0, 0.1) is 0 Å². The molecule has 0 aromatic heterocycles. The van der Waals surface area contributed by atoms with Crippen molar-refractivity contribution in [3.63, 3.8) is 0 Å². The van der Waals surface area contributed by atoms with Crippen LogP contribution in [0.15, 0.2) is 42.5 Å². The average molecular weight is 399 g/mol. The Morgan fingerprint density at radius 3 is 2.41 bits per heavy atom. The Balaban J connectivity index is 1.55. The Bertz CT molecular complexity index is 869. The molecule has 0 bridgehead atoms. The number of urea groups is 1. The molecule has 3 amide bonds. The molecule has 1 aliphatic heterocycles. The van der Waals surface area contributed by atoms with Gasteiger partial charge in [0.15, 0.2) is 11.5 Å². The van der Waals surface area contributed by atoms with Gasteiger partial charge in [-0.2, -0.15) is 0 Å². The maximum Gasteiger partial charge on any atom is 0.315 e. The monoisotopic (exact) mass is 399 g/mol. The fraction of sp³-hybridized carbons (Fsp3) is 0.333. The summed E-state index contributed by atoms with van der Waals surface area (Å²) in [5.41, 5.74) is 1.66. The molecule has 0 saturated carbocycles. The van der Waals surface area contributed by atoms with Crippen LogP contribution < -0.4 is 29.7 Å². The number of carbonyl (C=O) groups is 2. The Kier molecular flexibility index (Phi) is 6.43. The Labute approximate surface area is 169 Å². The van der Waals surface area contributed by atoms with E-state index in [1.165, 1.54) is 0 Å². The van der Waals surface area contributed by atoms with Crippen LogP contribution >= 0.6 is 0 Å². The van der Waals surface area contributed by atoms with Gasteiger partial charge in [0.2, 0.25) is 5.91 Å². The molecule has 2 aromatic rings. The lowest BCUT2D eigenvalue weighted by atomic mass is 10.2. The van der Waals surface area contributed by atoms with E-state index in [0.717, 1.165) is 11.3 Å². The lowest BCUT2D eigenvalue weighted by Crippen LogP contribution is -2.43. The van der Waals surface area contributed by atoms with Crippen molar-refractivity contribution in [3.8, 4) is 17.2 Å². The molecule has 154 valence electrons. The maximum absolute atomic E-state index is 12.4. The summed E-state index contributed by atoms with van der Waals surface area (Å²) in [6.45, 7) is 0.778. The number of methoxy groups -OCH3 is 3. The summed E-state index contributed by atoms with van der Waals surface area (Å²) in [6.07, 6.45) is 0.240. The zero-order valence-electron chi connectivity index (χ0n) is 16.7. The predicted molar refractivity (Wildman–Crippen MR) is 109 cm³/mol. The minimum Gasteiger partial charge on any atom is -0.497 e. The first kappa shape index (κ1) is 20.3. The number of hydrogen-bond donors (Lipinski definition) is 2. The van der Waals surface area contributed by atoms with Crippen molar-refractivity contribution in [1.29, 1.82) is 0 Å². The topological polar surface area (TPSA) is 89.1 Å². The van der Waals surface area contributed by atoms with E-state index in [9.17, 15) is 9.59 Å². The van der Waals surface area contributed by atoms with Crippen LogP contribution in [-0.4, -0.2) is 45.9 Å². The van der Waals surface area contributed by atoms with Crippen molar-refractivity contribution in [2.45, 2.75) is 19.0 Å². The molecule has 2 aromatic carbocycles. The number of rotatable bonds is 7. The molecule has 0 unspecified atom stereocenters. The van der Waals surface area contributed by atoms with E-state index in [0.29, 0.717) is 30.3 Å². The zero-order chi connectivity index (χ0) is 20.8. The highest BCUT2D eigenvalue weighted by molar-refractivity contribution is 5.97. The number of amides is 3. The first-order chi connectivity index (χ1) is 14.0. The van der Waals surface area contributed by atoms with Gasteiger partial charge >= 0.3 is 6.03 Å². The normalized spacial score (nSPS) is 15.8. The smallest absolute Gasteiger partial charge is 0.315 e. The molecule has 1 saturated heterocycles. The highest BCUT2D eigenvalue weighted by atomic mass is 16.5. The quantitative estimate of drug-likeness (QED) is 0.746. The van der Waals surface area contributed by atoms with Crippen molar-refractivity contribution in [2.75, 3.05) is 32.8 Å². The van der Waals surface area contributed by atoms with Gasteiger partial charge in [0, 0.05) is 31.3 Å². The fourth-order valence-corrected chi connectivity index (χ4v) is 3.21. The lowest BCUT2D eigenvalue weighted by molar-refractivity contribution is -0.117. The minimum absolute atomic E-state index is 0.0577. The van der Waals surface area contributed by atoms with Gasteiger partial charge < -0.3 is 29.7 Å². The molecule has 1 heterocycles. The van der Waals surface area contributed by atoms with Gasteiger partial charge in [-0.05, 0) is 29.8 Å². The number of ether oxygens (including phenoxy) is 3. The number of carbonyl (C=O) groups excluding carboxylic acids is 2. The molecule has 8 nitrogen and oxygen atoms in total.